The number of nitrogens with zero attached hydrogens (tertiary/aromatic N) is 3. The largest absolute Gasteiger partial charge is 0.437 e. The molecule has 0 aliphatic carbocycles. The number of aryl methyl sites for hydroxylation is 1. The van der Waals surface area contributed by atoms with Crippen molar-refractivity contribution in [2.45, 2.75) is 39.0 Å². The minimum atomic E-state index is -0.242. The fraction of sp³-hybridized carbons (Fsp3) is 0.636. The number of hydrogen-bond acceptors (Lipinski definition) is 3. The van der Waals surface area contributed by atoms with Crippen molar-refractivity contribution in [3.05, 3.63) is 18.0 Å². The van der Waals surface area contributed by atoms with Crippen molar-refractivity contribution in [1.29, 1.82) is 0 Å². The van der Waals surface area contributed by atoms with Gasteiger partial charge in [-0.1, -0.05) is 0 Å². The van der Waals surface area contributed by atoms with E-state index in [1.807, 2.05) is 33.9 Å². The summed E-state index contributed by atoms with van der Waals surface area (Å²) in [4.78, 5) is 13.5. The van der Waals surface area contributed by atoms with Gasteiger partial charge in [0.1, 0.15) is 0 Å². The predicted octanol–water partition coefficient (Wildman–Crippen LogP) is 1.71. The van der Waals surface area contributed by atoms with Crippen molar-refractivity contribution in [3.8, 4) is 0 Å². The highest BCUT2D eigenvalue weighted by atomic mass is 16.6. The van der Waals surface area contributed by atoms with Crippen molar-refractivity contribution >= 4 is 6.09 Å². The van der Waals surface area contributed by atoms with E-state index in [1.165, 1.54) is 0 Å². The van der Waals surface area contributed by atoms with Crippen LogP contribution in [0.1, 0.15) is 32.6 Å². The van der Waals surface area contributed by atoms with Gasteiger partial charge in [-0.15, -0.1) is 0 Å². The zero-order chi connectivity index (χ0) is 11.9. The van der Waals surface area contributed by atoms with Crippen LogP contribution in [0.15, 0.2) is 12.3 Å². The molecule has 1 aliphatic heterocycles. The fourth-order valence-corrected chi connectivity index (χ4v) is 2.23. The van der Waals surface area contributed by atoms with Crippen LogP contribution in [-0.4, -0.2) is 32.9 Å². The Labute approximate surface area is 95.0 Å². The zero-order valence-corrected chi connectivity index (χ0v) is 10.0. The summed E-state index contributed by atoms with van der Waals surface area (Å²) >= 11 is 0. The van der Waals surface area contributed by atoms with E-state index in [9.17, 15) is 4.79 Å². The second kappa shape index (κ2) is 3.81. The van der Waals surface area contributed by atoms with E-state index in [1.54, 1.807) is 15.8 Å². The molecule has 1 saturated heterocycles. The van der Waals surface area contributed by atoms with Gasteiger partial charge < -0.3 is 4.74 Å². The molecule has 5 heteroatoms. The highest BCUT2D eigenvalue weighted by Crippen LogP contribution is 2.32. The van der Waals surface area contributed by atoms with Gasteiger partial charge in [-0.3, -0.25) is 9.58 Å². The van der Waals surface area contributed by atoms with Crippen LogP contribution in [0.5, 0.6) is 0 Å². The van der Waals surface area contributed by atoms with E-state index in [-0.39, 0.29) is 24.3 Å². The number of amides is 1. The number of carbonyl (C=O) groups is 1. The van der Waals surface area contributed by atoms with E-state index in [4.69, 9.17) is 4.74 Å². The molecule has 1 fully saturated rings. The Morgan fingerprint density at radius 1 is 1.50 bits per heavy atom. The number of aromatic nitrogens is 2. The summed E-state index contributed by atoms with van der Waals surface area (Å²) in [6.07, 6.45) is 1.25. The SMILES string of the molecule is CC(C)N1C(=O)OC(c2ccnn2C)C1C. The first-order valence-corrected chi connectivity index (χ1v) is 5.49. The summed E-state index contributed by atoms with van der Waals surface area (Å²) in [5.74, 6) is 0. The van der Waals surface area contributed by atoms with Gasteiger partial charge in [0.25, 0.3) is 0 Å². The van der Waals surface area contributed by atoms with Crippen molar-refractivity contribution < 1.29 is 9.53 Å². The second-order valence-corrected chi connectivity index (χ2v) is 4.43. The van der Waals surface area contributed by atoms with Crippen LogP contribution in [0.4, 0.5) is 4.79 Å². The molecule has 2 rings (SSSR count). The molecule has 1 amide bonds. The van der Waals surface area contributed by atoms with Crippen LogP contribution < -0.4 is 0 Å². The fourth-order valence-electron chi connectivity index (χ4n) is 2.23. The second-order valence-electron chi connectivity index (χ2n) is 4.43. The van der Waals surface area contributed by atoms with Crippen molar-refractivity contribution in [1.82, 2.24) is 14.7 Å². The average molecular weight is 223 g/mol. The molecule has 0 bridgehead atoms. The number of rotatable bonds is 2. The van der Waals surface area contributed by atoms with Crippen molar-refractivity contribution in [2.75, 3.05) is 0 Å². The Bertz CT molecular complexity index is 400. The summed E-state index contributed by atoms with van der Waals surface area (Å²) in [6.45, 7) is 5.98. The minimum absolute atomic E-state index is 0.0444. The summed E-state index contributed by atoms with van der Waals surface area (Å²) < 4.78 is 7.15. The van der Waals surface area contributed by atoms with Gasteiger partial charge in [-0.2, -0.15) is 5.10 Å². The van der Waals surface area contributed by atoms with Crippen LogP contribution in [0.3, 0.4) is 0 Å². The third-order valence-electron chi connectivity index (χ3n) is 3.02. The summed E-state index contributed by atoms with van der Waals surface area (Å²) in [5.41, 5.74) is 0.934. The molecule has 0 spiro atoms. The number of ether oxygens (including phenoxy) is 1. The Kier molecular flexibility index (Phi) is 2.61. The first-order valence-electron chi connectivity index (χ1n) is 5.49. The molecule has 5 nitrogen and oxygen atoms in total. The first-order chi connectivity index (χ1) is 7.52. The lowest BCUT2D eigenvalue weighted by Gasteiger charge is -2.24. The highest BCUT2D eigenvalue weighted by Gasteiger charge is 2.42. The number of hydrogen-bond donors (Lipinski definition) is 0. The number of cyclic esters (lactones) is 1. The summed E-state index contributed by atoms with van der Waals surface area (Å²) in [7, 11) is 1.86. The van der Waals surface area contributed by atoms with E-state index in [0.717, 1.165) is 5.69 Å². The van der Waals surface area contributed by atoms with Gasteiger partial charge in [0.2, 0.25) is 0 Å². The van der Waals surface area contributed by atoms with Gasteiger partial charge >= 0.3 is 6.09 Å². The Morgan fingerprint density at radius 2 is 2.19 bits per heavy atom. The van der Waals surface area contributed by atoms with Crippen LogP contribution in [-0.2, 0) is 11.8 Å². The lowest BCUT2D eigenvalue weighted by molar-refractivity contribution is 0.125. The van der Waals surface area contributed by atoms with Crippen LogP contribution in [0.25, 0.3) is 0 Å². The maximum atomic E-state index is 11.7. The van der Waals surface area contributed by atoms with Crippen LogP contribution in [0.2, 0.25) is 0 Å². The highest BCUT2D eigenvalue weighted by molar-refractivity contribution is 5.71. The Morgan fingerprint density at radius 3 is 2.62 bits per heavy atom. The first kappa shape index (κ1) is 11.0. The van der Waals surface area contributed by atoms with Gasteiger partial charge in [0.05, 0.1) is 11.7 Å². The quantitative estimate of drug-likeness (QED) is 0.766. The molecule has 2 unspecified atom stereocenters. The topological polar surface area (TPSA) is 47.4 Å². The van der Waals surface area contributed by atoms with Gasteiger partial charge in [0, 0.05) is 19.3 Å². The van der Waals surface area contributed by atoms with Crippen LogP contribution in [0, 0.1) is 0 Å². The molecular weight excluding hydrogens is 206 g/mol. The minimum Gasteiger partial charge on any atom is -0.437 e. The molecule has 16 heavy (non-hydrogen) atoms. The monoisotopic (exact) mass is 223 g/mol. The molecule has 2 atom stereocenters. The third-order valence-corrected chi connectivity index (χ3v) is 3.02. The zero-order valence-electron chi connectivity index (χ0n) is 10.0. The molecule has 0 N–H and O–H groups in total. The molecule has 0 aromatic carbocycles. The molecule has 0 saturated carbocycles. The van der Waals surface area contributed by atoms with E-state index in [0.29, 0.717) is 0 Å². The van der Waals surface area contributed by atoms with Gasteiger partial charge in [-0.05, 0) is 26.8 Å². The van der Waals surface area contributed by atoms with Crippen molar-refractivity contribution in [2.24, 2.45) is 7.05 Å². The number of carbonyl (C=O) groups excluding carboxylic acids is 1. The average Bonchev–Trinajstić information content (AvgIpc) is 2.70. The van der Waals surface area contributed by atoms with E-state index < -0.39 is 0 Å². The molecular formula is C11H17N3O2. The third kappa shape index (κ3) is 1.56. The Hall–Kier alpha value is -1.52. The molecule has 0 radical (unpaired) electrons. The molecule has 1 aliphatic rings. The van der Waals surface area contributed by atoms with E-state index >= 15 is 0 Å². The van der Waals surface area contributed by atoms with E-state index in [2.05, 4.69) is 5.10 Å². The molecule has 1 aromatic rings. The normalized spacial score (nSPS) is 25.3. The molecule has 88 valence electrons. The molecule has 2 heterocycles. The van der Waals surface area contributed by atoms with Gasteiger partial charge in [-0.25, -0.2) is 4.79 Å². The van der Waals surface area contributed by atoms with Gasteiger partial charge in [0.15, 0.2) is 6.10 Å². The smallest absolute Gasteiger partial charge is 0.411 e. The standard InChI is InChI=1S/C11H17N3O2/c1-7(2)14-8(3)10(16-11(14)15)9-5-6-12-13(9)4/h5-8,10H,1-4H3. The summed E-state index contributed by atoms with van der Waals surface area (Å²) in [6, 6.07) is 2.08. The van der Waals surface area contributed by atoms with Crippen LogP contribution >= 0.6 is 0 Å². The predicted molar refractivity (Wildman–Crippen MR) is 58.9 cm³/mol. The lowest BCUT2D eigenvalue weighted by atomic mass is 10.1. The molecule has 1 aromatic heterocycles. The van der Waals surface area contributed by atoms with Crippen molar-refractivity contribution in [3.63, 3.8) is 0 Å². The maximum absolute atomic E-state index is 11.7. The Balaban J connectivity index is 2.27. The maximum Gasteiger partial charge on any atom is 0.411 e. The lowest BCUT2D eigenvalue weighted by Crippen LogP contribution is -2.37. The summed E-state index contributed by atoms with van der Waals surface area (Å²) in [5, 5.41) is 4.10.